The van der Waals surface area contributed by atoms with Crippen LogP contribution in [0.15, 0.2) is 24.5 Å². The number of pyridine rings is 1. The topological polar surface area (TPSA) is 93.0 Å². The van der Waals surface area contributed by atoms with Crippen molar-refractivity contribution in [2.24, 2.45) is 0 Å². The predicted octanol–water partition coefficient (Wildman–Crippen LogP) is 1.90. The number of nitrogens with zero attached hydrogens (tertiary/aromatic N) is 5. The van der Waals surface area contributed by atoms with Crippen molar-refractivity contribution in [1.29, 1.82) is 0 Å². The van der Waals surface area contributed by atoms with E-state index >= 15 is 0 Å². The number of imide groups is 1. The van der Waals surface area contributed by atoms with Crippen LogP contribution in [0, 0.1) is 0 Å². The van der Waals surface area contributed by atoms with E-state index in [1.807, 2.05) is 16.8 Å². The Morgan fingerprint density at radius 3 is 2.56 bits per heavy atom. The van der Waals surface area contributed by atoms with E-state index in [4.69, 9.17) is 5.10 Å². The summed E-state index contributed by atoms with van der Waals surface area (Å²) in [5, 5.41) is 7.25. The first-order chi connectivity index (χ1) is 12.2. The lowest BCUT2D eigenvalue weighted by atomic mass is 9.95. The molecule has 130 valence electrons. The first-order valence-corrected chi connectivity index (χ1v) is 8.66. The number of urea groups is 1. The van der Waals surface area contributed by atoms with Crippen LogP contribution in [-0.4, -0.2) is 43.1 Å². The van der Waals surface area contributed by atoms with E-state index < -0.39 is 0 Å². The van der Waals surface area contributed by atoms with Gasteiger partial charge in [0.1, 0.15) is 5.82 Å². The Kier molecular flexibility index (Phi) is 4.17. The fraction of sp³-hybridized carbons (Fsp3) is 0.471. The molecule has 0 atom stereocenters. The van der Waals surface area contributed by atoms with E-state index in [1.54, 1.807) is 12.4 Å². The monoisotopic (exact) mass is 340 g/mol. The summed E-state index contributed by atoms with van der Waals surface area (Å²) in [6, 6.07) is 3.62. The molecule has 0 bridgehead atoms. The van der Waals surface area contributed by atoms with Crippen molar-refractivity contribution in [2.75, 3.05) is 6.54 Å². The van der Waals surface area contributed by atoms with Crippen LogP contribution >= 0.6 is 0 Å². The standard InChI is InChI=1S/C17H20N6O2/c24-15-10-19-17(25)22(15)11-14-20-16(12-6-8-18-9-7-12)21-23(14)13-4-2-1-3-5-13/h6-9,13H,1-5,10-11H2,(H,19,25). The molecule has 0 aromatic carbocycles. The molecule has 1 N–H and O–H groups in total. The van der Waals surface area contributed by atoms with E-state index in [-0.39, 0.29) is 31.1 Å². The van der Waals surface area contributed by atoms with Gasteiger partial charge in [-0.2, -0.15) is 5.10 Å². The second-order valence-corrected chi connectivity index (χ2v) is 6.46. The first-order valence-electron chi connectivity index (χ1n) is 8.66. The molecule has 3 amide bonds. The van der Waals surface area contributed by atoms with E-state index in [0.29, 0.717) is 11.6 Å². The number of rotatable bonds is 4. The summed E-state index contributed by atoms with van der Waals surface area (Å²) in [6.45, 7) is 0.201. The highest BCUT2D eigenvalue weighted by Crippen LogP contribution is 2.30. The molecule has 2 aromatic rings. The zero-order chi connectivity index (χ0) is 17.2. The highest BCUT2D eigenvalue weighted by Gasteiger charge is 2.31. The van der Waals surface area contributed by atoms with E-state index in [0.717, 1.165) is 31.2 Å². The maximum absolute atomic E-state index is 11.9. The van der Waals surface area contributed by atoms with Gasteiger partial charge in [-0.05, 0) is 25.0 Å². The first kappa shape index (κ1) is 15.7. The van der Waals surface area contributed by atoms with Gasteiger partial charge in [0, 0.05) is 18.0 Å². The number of amides is 3. The maximum Gasteiger partial charge on any atom is 0.325 e. The van der Waals surface area contributed by atoms with Gasteiger partial charge in [0.15, 0.2) is 5.82 Å². The average molecular weight is 340 g/mol. The van der Waals surface area contributed by atoms with Crippen molar-refractivity contribution in [3.05, 3.63) is 30.4 Å². The van der Waals surface area contributed by atoms with Crippen LogP contribution in [0.3, 0.4) is 0 Å². The Hall–Kier alpha value is -2.77. The second kappa shape index (κ2) is 6.62. The Morgan fingerprint density at radius 2 is 1.88 bits per heavy atom. The van der Waals surface area contributed by atoms with Gasteiger partial charge in [-0.15, -0.1) is 0 Å². The van der Waals surface area contributed by atoms with E-state index in [2.05, 4.69) is 15.3 Å². The van der Waals surface area contributed by atoms with Crippen molar-refractivity contribution in [1.82, 2.24) is 30.0 Å². The zero-order valence-corrected chi connectivity index (χ0v) is 13.9. The van der Waals surface area contributed by atoms with Gasteiger partial charge in [-0.3, -0.25) is 14.7 Å². The molecule has 1 aliphatic heterocycles. The largest absolute Gasteiger partial charge is 0.329 e. The number of hydrogen-bond acceptors (Lipinski definition) is 5. The van der Waals surface area contributed by atoms with Crippen molar-refractivity contribution in [3.8, 4) is 11.4 Å². The quantitative estimate of drug-likeness (QED) is 0.858. The van der Waals surface area contributed by atoms with Gasteiger partial charge in [-0.1, -0.05) is 19.3 Å². The predicted molar refractivity (Wildman–Crippen MR) is 89.3 cm³/mol. The minimum absolute atomic E-state index is 0.0492. The maximum atomic E-state index is 11.9. The van der Waals surface area contributed by atoms with Gasteiger partial charge >= 0.3 is 6.03 Å². The summed E-state index contributed by atoms with van der Waals surface area (Å²) >= 11 is 0. The Morgan fingerprint density at radius 1 is 1.12 bits per heavy atom. The zero-order valence-electron chi connectivity index (χ0n) is 13.9. The van der Waals surface area contributed by atoms with Gasteiger partial charge in [0.05, 0.1) is 19.1 Å². The number of aromatic nitrogens is 4. The van der Waals surface area contributed by atoms with Crippen LogP contribution in [0.1, 0.15) is 44.0 Å². The Labute approximate surface area is 145 Å². The lowest BCUT2D eigenvalue weighted by Gasteiger charge is -2.24. The van der Waals surface area contributed by atoms with Gasteiger partial charge < -0.3 is 5.32 Å². The highest BCUT2D eigenvalue weighted by atomic mass is 16.2. The lowest BCUT2D eigenvalue weighted by molar-refractivity contribution is -0.125. The molecule has 0 spiro atoms. The van der Waals surface area contributed by atoms with Crippen LogP contribution in [0.4, 0.5) is 4.79 Å². The van der Waals surface area contributed by atoms with Gasteiger partial charge in [-0.25, -0.2) is 14.5 Å². The molecule has 8 heteroatoms. The van der Waals surface area contributed by atoms with Crippen molar-refractivity contribution in [3.63, 3.8) is 0 Å². The second-order valence-electron chi connectivity index (χ2n) is 6.46. The number of carbonyl (C=O) groups is 2. The molecule has 0 unspecified atom stereocenters. The molecule has 25 heavy (non-hydrogen) atoms. The average Bonchev–Trinajstić information content (AvgIpc) is 3.22. The Bertz CT molecular complexity index is 766. The highest BCUT2D eigenvalue weighted by molar-refractivity contribution is 6.01. The van der Waals surface area contributed by atoms with Crippen LogP contribution in [0.5, 0.6) is 0 Å². The normalized spacial score (nSPS) is 18.6. The smallest absolute Gasteiger partial charge is 0.325 e. The van der Waals surface area contributed by atoms with Gasteiger partial charge in [0.2, 0.25) is 5.91 Å². The van der Waals surface area contributed by atoms with E-state index in [1.165, 1.54) is 11.3 Å². The molecule has 1 saturated heterocycles. The SMILES string of the molecule is O=C1CNC(=O)N1Cc1nc(-c2ccncc2)nn1C1CCCCC1. The number of carbonyl (C=O) groups excluding carboxylic acids is 2. The Balaban J connectivity index is 1.68. The molecule has 1 saturated carbocycles. The molecule has 3 heterocycles. The van der Waals surface area contributed by atoms with Crippen molar-refractivity contribution < 1.29 is 9.59 Å². The fourth-order valence-electron chi connectivity index (χ4n) is 3.46. The third-order valence-electron chi connectivity index (χ3n) is 4.80. The summed E-state index contributed by atoms with van der Waals surface area (Å²) in [7, 11) is 0. The summed E-state index contributed by atoms with van der Waals surface area (Å²) < 4.78 is 1.92. The molecule has 2 aromatic heterocycles. The summed E-state index contributed by atoms with van der Waals surface area (Å²) in [4.78, 5) is 33.7. The molecular weight excluding hydrogens is 320 g/mol. The minimum Gasteiger partial charge on any atom is -0.329 e. The number of nitrogens with one attached hydrogen (secondary N) is 1. The van der Waals surface area contributed by atoms with Crippen molar-refractivity contribution >= 4 is 11.9 Å². The molecule has 2 aliphatic rings. The molecule has 2 fully saturated rings. The molecule has 0 radical (unpaired) electrons. The van der Waals surface area contributed by atoms with Crippen LogP contribution in [-0.2, 0) is 11.3 Å². The van der Waals surface area contributed by atoms with Gasteiger partial charge in [0.25, 0.3) is 0 Å². The molecular formula is C17H20N6O2. The molecule has 1 aliphatic carbocycles. The molecule has 4 rings (SSSR count). The third kappa shape index (κ3) is 3.11. The number of hydrogen-bond donors (Lipinski definition) is 1. The fourth-order valence-corrected chi connectivity index (χ4v) is 3.46. The lowest BCUT2D eigenvalue weighted by Crippen LogP contribution is -2.32. The van der Waals surface area contributed by atoms with Crippen LogP contribution < -0.4 is 5.32 Å². The summed E-state index contributed by atoms with van der Waals surface area (Å²) in [6.07, 6.45) is 9.07. The molecule has 8 nitrogen and oxygen atoms in total. The minimum atomic E-state index is -0.367. The summed E-state index contributed by atoms with van der Waals surface area (Å²) in [5.41, 5.74) is 0.878. The summed E-state index contributed by atoms with van der Waals surface area (Å²) in [5.74, 6) is 1.03. The van der Waals surface area contributed by atoms with Crippen molar-refractivity contribution in [2.45, 2.75) is 44.7 Å². The van der Waals surface area contributed by atoms with Crippen LogP contribution in [0.2, 0.25) is 0 Å². The van der Waals surface area contributed by atoms with E-state index in [9.17, 15) is 9.59 Å². The third-order valence-corrected chi connectivity index (χ3v) is 4.80. The van der Waals surface area contributed by atoms with Crippen LogP contribution in [0.25, 0.3) is 11.4 Å².